The smallest absolute Gasteiger partial charge is 0.256 e. The average Bonchev–Trinajstić information content (AvgIpc) is 2.94. The summed E-state index contributed by atoms with van der Waals surface area (Å²) in [6, 6.07) is 1.87. The largest absolute Gasteiger partial charge is 0.374 e. The van der Waals surface area contributed by atoms with Crippen LogP contribution < -0.4 is 0 Å². The average molecular weight is 306 g/mol. The lowest BCUT2D eigenvalue weighted by molar-refractivity contribution is -0.0445. The third-order valence-electron chi connectivity index (χ3n) is 3.63. The number of carbonyl (C=O) groups is 1. The zero-order chi connectivity index (χ0) is 12.7. The van der Waals surface area contributed by atoms with Gasteiger partial charge in [-0.05, 0) is 25.3 Å². The van der Waals surface area contributed by atoms with E-state index >= 15 is 0 Å². The predicted octanol–water partition coefficient (Wildman–Crippen LogP) is 3.45. The zero-order valence-electron chi connectivity index (χ0n) is 9.70. The molecule has 1 saturated carbocycles. The van der Waals surface area contributed by atoms with Crippen molar-refractivity contribution in [2.45, 2.75) is 31.4 Å². The number of morpholine rings is 1. The van der Waals surface area contributed by atoms with Gasteiger partial charge >= 0.3 is 0 Å². The molecule has 2 unspecified atom stereocenters. The third kappa shape index (κ3) is 2.16. The fraction of sp³-hybridized carbons (Fsp3) is 0.583. The second-order valence-corrected chi connectivity index (χ2v) is 6.93. The van der Waals surface area contributed by atoms with Gasteiger partial charge in [-0.25, -0.2) is 0 Å². The first kappa shape index (κ1) is 12.7. The second kappa shape index (κ2) is 5.00. The first-order valence-corrected chi connectivity index (χ1v) is 7.61. The van der Waals surface area contributed by atoms with E-state index in [0.29, 0.717) is 27.4 Å². The van der Waals surface area contributed by atoms with Gasteiger partial charge in [0.1, 0.15) is 4.34 Å². The summed E-state index contributed by atoms with van der Waals surface area (Å²) in [4.78, 5) is 14.4. The Labute approximate surface area is 120 Å². The van der Waals surface area contributed by atoms with Crippen molar-refractivity contribution in [3.8, 4) is 0 Å². The second-order valence-electron chi connectivity index (χ2n) is 4.64. The number of hydrogen-bond donors (Lipinski definition) is 0. The molecule has 0 radical (unpaired) electrons. The van der Waals surface area contributed by atoms with E-state index in [9.17, 15) is 4.79 Å². The Morgan fingerprint density at radius 3 is 3.00 bits per heavy atom. The van der Waals surface area contributed by atoms with Crippen LogP contribution >= 0.6 is 34.5 Å². The molecule has 0 N–H and O–H groups in total. The molecule has 98 valence electrons. The van der Waals surface area contributed by atoms with Crippen molar-refractivity contribution in [2.75, 3.05) is 13.2 Å². The van der Waals surface area contributed by atoms with Gasteiger partial charge < -0.3 is 9.64 Å². The van der Waals surface area contributed by atoms with E-state index in [2.05, 4.69) is 0 Å². The summed E-state index contributed by atoms with van der Waals surface area (Å²) in [5, 5.41) is 0. The summed E-state index contributed by atoms with van der Waals surface area (Å²) in [5.41, 5.74) is 0.527. The van der Waals surface area contributed by atoms with Gasteiger partial charge in [0.15, 0.2) is 0 Å². The highest BCUT2D eigenvalue weighted by molar-refractivity contribution is 7.20. The van der Waals surface area contributed by atoms with E-state index in [0.717, 1.165) is 19.3 Å². The number of halogens is 2. The molecule has 18 heavy (non-hydrogen) atoms. The Morgan fingerprint density at radius 2 is 2.28 bits per heavy atom. The normalized spacial score (nSPS) is 27.3. The van der Waals surface area contributed by atoms with Crippen molar-refractivity contribution in [3.05, 3.63) is 20.3 Å². The number of thiophene rings is 1. The third-order valence-corrected chi connectivity index (χ3v) is 5.12. The molecule has 6 heteroatoms. The molecule has 1 aromatic rings. The SMILES string of the molecule is O=C(c1cc(Cl)sc1Cl)N1CCOC2CCCC21. The van der Waals surface area contributed by atoms with E-state index in [1.807, 2.05) is 4.90 Å². The van der Waals surface area contributed by atoms with Gasteiger partial charge in [0.2, 0.25) is 0 Å². The lowest BCUT2D eigenvalue weighted by atomic mass is 10.1. The van der Waals surface area contributed by atoms with Crippen LogP contribution in [0.1, 0.15) is 29.6 Å². The Bertz CT molecular complexity index is 477. The summed E-state index contributed by atoms with van der Waals surface area (Å²) in [6.45, 7) is 1.26. The maximum absolute atomic E-state index is 12.5. The molecule has 0 bridgehead atoms. The van der Waals surface area contributed by atoms with Gasteiger partial charge in [0, 0.05) is 6.54 Å². The van der Waals surface area contributed by atoms with Crippen LogP contribution in [0, 0.1) is 0 Å². The summed E-state index contributed by atoms with van der Waals surface area (Å²) in [6.07, 6.45) is 3.39. The fourth-order valence-electron chi connectivity index (χ4n) is 2.82. The molecule has 1 saturated heterocycles. The monoisotopic (exact) mass is 305 g/mol. The van der Waals surface area contributed by atoms with Crippen LogP contribution in [-0.2, 0) is 4.74 Å². The molecule has 1 aliphatic carbocycles. The molecule has 2 heterocycles. The van der Waals surface area contributed by atoms with Crippen LogP contribution in [0.15, 0.2) is 6.07 Å². The first-order valence-electron chi connectivity index (χ1n) is 6.04. The minimum absolute atomic E-state index is 0.0108. The molecule has 3 nitrogen and oxygen atoms in total. The van der Waals surface area contributed by atoms with Crippen LogP contribution in [-0.4, -0.2) is 36.1 Å². The molecule has 0 spiro atoms. The van der Waals surface area contributed by atoms with E-state index in [4.69, 9.17) is 27.9 Å². The molecule has 2 atom stereocenters. The lowest BCUT2D eigenvalue weighted by Gasteiger charge is -2.37. The van der Waals surface area contributed by atoms with Crippen molar-refractivity contribution >= 4 is 40.4 Å². The number of fused-ring (bicyclic) bond motifs is 1. The van der Waals surface area contributed by atoms with E-state index in [1.165, 1.54) is 11.3 Å². The number of ether oxygens (including phenoxy) is 1. The van der Waals surface area contributed by atoms with Gasteiger partial charge in [0.25, 0.3) is 5.91 Å². The number of nitrogens with zero attached hydrogens (tertiary/aromatic N) is 1. The van der Waals surface area contributed by atoms with Crippen LogP contribution in [0.3, 0.4) is 0 Å². The topological polar surface area (TPSA) is 29.5 Å². The summed E-state index contributed by atoms with van der Waals surface area (Å²) < 4.78 is 6.74. The van der Waals surface area contributed by atoms with Crippen molar-refractivity contribution in [1.82, 2.24) is 4.90 Å². The Hall–Kier alpha value is -0.290. The van der Waals surface area contributed by atoms with Gasteiger partial charge in [-0.1, -0.05) is 23.2 Å². The highest BCUT2D eigenvalue weighted by atomic mass is 35.5. The predicted molar refractivity (Wildman–Crippen MR) is 72.8 cm³/mol. The fourth-order valence-corrected chi connectivity index (χ4v) is 4.27. The van der Waals surface area contributed by atoms with Gasteiger partial charge in [-0.3, -0.25) is 4.79 Å². The van der Waals surface area contributed by atoms with Gasteiger partial charge in [-0.15, -0.1) is 11.3 Å². The Morgan fingerprint density at radius 1 is 1.44 bits per heavy atom. The Balaban J connectivity index is 1.85. The van der Waals surface area contributed by atoms with Crippen molar-refractivity contribution in [1.29, 1.82) is 0 Å². The molecule has 1 amide bonds. The lowest BCUT2D eigenvalue weighted by Crippen LogP contribution is -2.51. The van der Waals surface area contributed by atoms with Crippen LogP contribution in [0.4, 0.5) is 0 Å². The van der Waals surface area contributed by atoms with Gasteiger partial charge in [-0.2, -0.15) is 0 Å². The molecule has 1 aromatic heterocycles. The molecule has 0 aromatic carbocycles. The number of hydrogen-bond acceptors (Lipinski definition) is 3. The van der Waals surface area contributed by atoms with Crippen molar-refractivity contribution in [3.63, 3.8) is 0 Å². The number of carbonyl (C=O) groups excluding carboxylic acids is 1. The maximum Gasteiger partial charge on any atom is 0.256 e. The van der Waals surface area contributed by atoms with Crippen molar-refractivity contribution in [2.24, 2.45) is 0 Å². The molecule has 1 aliphatic heterocycles. The minimum atomic E-state index is -0.0108. The van der Waals surface area contributed by atoms with E-state index in [-0.39, 0.29) is 18.1 Å². The summed E-state index contributed by atoms with van der Waals surface area (Å²) >= 11 is 13.2. The van der Waals surface area contributed by atoms with Crippen molar-refractivity contribution < 1.29 is 9.53 Å². The molecule has 2 aliphatic rings. The summed E-state index contributed by atoms with van der Waals surface area (Å²) in [5.74, 6) is -0.0108. The zero-order valence-corrected chi connectivity index (χ0v) is 12.0. The maximum atomic E-state index is 12.5. The molecule has 2 fully saturated rings. The minimum Gasteiger partial charge on any atom is -0.374 e. The highest BCUT2D eigenvalue weighted by Crippen LogP contribution is 2.35. The molecular formula is C12H13Cl2NO2S. The van der Waals surface area contributed by atoms with E-state index < -0.39 is 0 Å². The number of amides is 1. The van der Waals surface area contributed by atoms with Crippen LogP contribution in [0.25, 0.3) is 0 Å². The standard InChI is InChI=1S/C12H13Cl2NO2S/c13-10-6-7(11(14)18-10)12(16)15-4-5-17-9-3-1-2-8(9)15/h6,8-9H,1-5H2. The molecular weight excluding hydrogens is 293 g/mol. The summed E-state index contributed by atoms with van der Waals surface area (Å²) in [7, 11) is 0. The van der Waals surface area contributed by atoms with Gasteiger partial charge in [0.05, 0.1) is 28.7 Å². The molecule has 3 rings (SSSR count). The first-order chi connectivity index (χ1) is 8.66. The number of rotatable bonds is 1. The van der Waals surface area contributed by atoms with Crippen LogP contribution in [0.2, 0.25) is 8.67 Å². The Kier molecular flexibility index (Phi) is 3.54. The van der Waals surface area contributed by atoms with Crippen LogP contribution in [0.5, 0.6) is 0 Å². The quantitative estimate of drug-likeness (QED) is 0.795. The van der Waals surface area contributed by atoms with E-state index in [1.54, 1.807) is 6.07 Å². The highest BCUT2D eigenvalue weighted by Gasteiger charge is 2.39.